The van der Waals surface area contributed by atoms with Crippen LogP contribution in [0.2, 0.25) is 0 Å². The molecule has 0 saturated heterocycles. The molecule has 3 nitrogen and oxygen atoms in total. The van der Waals surface area contributed by atoms with E-state index < -0.39 is 11.8 Å². The van der Waals surface area contributed by atoms with Gasteiger partial charge < -0.3 is 10.4 Å². The summed E-state index contributed by atoms with van der Waals surface area (Å²) in [6.07, 6.45) is 2.53. The number of carbonyl (C=O) groups is 1. The molecule has 1 aromatic carbocycles. The van der Waals surface area contributed by atoms with E-state index in [9.17, 15) is 9.18 Å². The monoisotopic (exact) mass is 237 g/mol. The smallest absolute Gasteiger partial charge is 0.335 e. The molecule has 1 saturated carbocycles. The second kappa shape index (κ2) is 4.73. The molecule has 1 aliphatic rings. The molecule has 1 atom stereocenters. The predicted molar refractivity (Wildman–Crippen MR) is 63.7 cm³/mol. The third kappa shape index (κ3) is 2.96. The summed E-state index contributed by atoms with van der Waals surface area (Å²) in [5.41, 5.74) is 0.353. The van der Waals surface area contributed by atoms with Gasteiger partial charge in [0.15, 0.2) is 0 Å². The van der Waals surface area contributed by atoms with Crippen LogP contribution in [0.4, 0.5) is 10.1 Å². The first-order valence-electron chi connectivity index (χ1n) is 5.84. The number of halogens is 1. The fourth-order valence-corrected chi connectivity index (χ4v) is 1.89. The Kier molecular flexibility index (Phi) is 3.31. The highest BCUT2D eigenvalue weighted by molar-refractivity contribution is 5.88. The van der Waals surface area contributed by atoms with Crippen molar-refractivity contribution >= 4 is 11.7 Å². The van der Waals surface area contributed by atoms with Crippen LogP contribution < -0.4 is 5.32 Å². The van der Waals surface area contributed by atoms with E-state index in [1.54, 1.807) is 0 Å². The standard InChI is InChI=1S/C13H16FNO2/c1-8(9-2-3-9)7-15-12-5-4-10(13(16)17)6-11(12)14/h4-6,8-9,15H,2-3,7H2,1H3,(H,16,17). The molecule has 1 aliphatic carbocycles. The van der Waals surface area contributed by atoms with Gasteiger partial charge in [0.25, 0.3) is 0 Å². The van der Waals surface area contributed by atoms with Crippen molar-refractivity contribution in [1.29, 1.82) is 0 Å². The Morgan fingerprint density at radius 3 is 2.82 bits per heavy atom. The van der Waals surface area contributed by atoms with Gasteiger partial charge in [0.2, 0.25) is 0 Å². The fraction of sp³-hybridized carbons (Fsp3) is 0.462. The lowest BCUT2D eigenvalue weighted by Gasteiger charge is -2.13. The van der Waals surface area contributed by atoms with E-state index in [2.05, 4.69) is 12.2 Å². The van der Waals surface area contributed by atoms with Gasteiger partial charge in [0, 0.05) is 6.54 Å². The summed E-state index contributed by atoms with van der Waals surface area (Å²) in [7, 11) is 0. The average molecular weight is 237 g/mol. The quantitative estimate of drug-likeness (QED) is 0.827. The van der Waals surface area contributed by atoms with Gasteiger partial charge in [-0.2, -0.15) is 0 Å². The van der Waals surface area contributed by atoms with Crippen LogP contribution in [0.1, 0.15) is 30.1 Å². The average Bonchev–Trinajstić information content (AvgIpc) is 3.10. The zero-order valence-electron chi connectivity index (χ0n) is 9.74. The van der Waals surface area contributed by atoms with E-state index in [0.717, 1.165) is 18.5 Å². The number of hydrogen-bond donors (Lipinski definition) is 2. The normalized spacial score (nSPS) is 16.6. The first kappa shape index (κ1) is 11.9. The Morgan fingerprint density at radius 1 is 1.59 bits per heavy atom. The third-order valence-corrected chi connectivity index (χ3v) is 3.26. The van der Waals surface area contributed by atoms with Crippen molar-refractivity contribution in [3.8, 4) is 0 Å². The van der Waals surface area contributed by atoms with Crippen LogP contribution in [0.5, 0.6) is 0 Å². The van der Waals surface area contributed by atoms with Gasteiger partial charge in [-0.25, -0.2) is 9.18 Å². The van der Waals surface area contributed by atoms with E-state index in [1.807, 2.05) is 0 Å². The molecule has 2 N–H and O–H groups in total. The van der Waals surface area contributed by atoms with Crippen molar-refractivity contribution in [2.75, 3.05) is 11.9 Å². The van der Waals surface area contributed by atoms with Crippen LogP contribution in [-0.4, -0.2) is 17.6 Å². The largest absolute Gasteiger partial charge is 0.478 e. The summed E-state index contributed by atoms with van der Waals surface area (Å²) in [4.78, 5) is 10.6. The Hall–Kier alpha value is -1.58. The Labute approximate surface area is 99.7 Å². The van der Waals surface area contributed by atoms with Gasteiger partial charge in [-0.3, -0.25) is 0 Å². The van der Waals surface area contributed by atoms with E-state index in [4.69, 9.17) is 5.11 Å². The molecule has 1 unspecified atom stereocenters. The van der Waals surface area contributed by atoms with Crippen molar-refractivity contribution in [2.24, 2.45) is 11.8 Å². The lowest BCUT2D eigenvalue weighted by Crippen LogP contribution is -2.14. The first-order valence-corrected chi connectivity index (χ1v) is 5.84. The molecule has 0 amide bonds. The number of rotatable bonds is 5. The van der Waals surface area contributed by atoms with Crippen LogP contribution in [-0.2, 0) is 0 Å². The van der Waals surface area contributed by atoms with Crippen LogP contribution >= 0.6 is 0 Å². The minimum Gasteiger partial charge on any atom is -0.478 e. The van der Waals surface area contributed by atoms with Gasteiger partial charge in [0.05, 0.1) is 11.3 Å². The SMILES string of the molecule is CC(CNc1ccc(C(=O)O)cc1F)C1CC1. The van der Waals surface area contributed by atoms with Crippen molar-refractivity contribution in [1.82, 2.24) is 0 Å². The van der Waals surface area contributed by atoms with Gasteiger partial charge >= 0.3 is 5.97 Å². The molecule has 2 rings (SSSR count). The number of carboxylic acids is 1. The summed E-state index contributed by atoms with van der Waals surface area (Å²) in [5.74, 6) is -0.313. The second-order valence-electron chi connectivity index (χ2n) is 4.70. The van der Waals surface area contributed by atoms with Crippen molar-refractivity contribution in [2.45, 2.75) is 19.8 Å². The fourth-order valence-electron chi connectivity index (χ4n) is 1.89. The lowest BCUT2D eigenvalue weighted by molar-refractivity contribution is 0.0696. The summed E-state index contributed by atoms with van der Waals surface area (Å²) < 4.78 is 13.6. The zero-order chi connectivity index (χ0) is 12.4. The van der Waals surface area contributed by atoms with Crippen LogP contribution in [0.15, 0.2) is 18.2 Å². The maximum absolute atomic E-state index is 13.6. The molecule has 0 spiro atoms. The van der Waals surface area contributed by atoms with Crippen molar-refractivity contribution in [3.05, 3.63) is 29.6 Å². The third-order valence-electron chi connectivity index (χ3n) is 3.26. The number of aromatic carboxylic acids is 1. The Morgan fingerprint density at radius 2 is 2.29 bits per heavy atom. The van der Waals surface area contributed by atoms with E-state index in [0.29, 0.717) is 11.6 Å². The van der Waals surface area contributed by atoms with E-state index in [-0.39, 0.29) is 5.56 Å². The number of carboxylic acid groups (broad SMARTS) is 1. The molecular formula is C13H16FNO2. The van der Waals surface area contributed by atoms with Crippen LogP contribution in [0, 0.1) is 17.7 Å². The molecule has 0 bridgehead atoms. The number of benzene rings is 1. The number of nitrogens with one attached hydrogen (secondary N) is 1. The molecule has 92 valence electrons. The summed E-state index contributed by atoms with van der Waals surface area (Å²) >= 11 is 0. The first-order chi connectivity index (χ1) is 8.08. The molecule has 1 fully saturated rings. The van der Waals surface area contributed by atoms with Crippen molar-refractivity contribution < 1.29 is 14.3 Å². The Bertz CT molecular complexity index is 429. The zero-order valence-corrected chi connectivity index (χ0v) is 9.74. The predicted octanol–water partition coefficient (Wildman–Crippen LogP) is 2.98. The maximum atomic E-state index is 13.6. The van der Waals surface area contributed by atoms with Gasteiger partial charge in [-0.15, -0.1) is 0 Å². The molecule has 0 radical (unpaired) electrons. The molecule has 0 heterocycles. The maximum Gasteiger partial charge on any atom is 0.335 e. The summed E-state index contributed by atoms with van der Waals surface area (Å²) in [5, 5.41) is 11.7. The lowest BCUT2D eigenvalue weighted by atomic mass is 10.1. The minimum absolute atomic E-state index is 0.0247. The van der Waals surface area contributed by atoms with Gasteiger partial charge in [-0.05, 0) is 42.9 Å². The Balaban J connectivity index is 1.98. The summed E-state index contributed by atoms with van der Waals surface area (Å²) in [6.45, 7) is 2.88. The highest BCUT2D eigenvalue weighted by atomic mass is 19.1. The van der Waals surface area contributed by atoms with Crippen molar-refractivity contribution in [3.63, 3.8) is 0 Å². The molecule has 0 aliphatic heterocycles. The number of anilines is 1. The minimum atomic E-state index is -1.11. The summed E-state index contributed by atoms with van der Waals surface area (Å²) in [6, 6.07) is 3.94. The molecule has 1 aromatic rings. The molecule has 17 heavy (non-hydrogen) atoms. The molecule has 0 aromatic heterocycles. The molecule has 4 heteroatoms. The molecular weight excluding hydrogens is 221 g/mol. The van der Waals surface area contributed by atoms with Crippen LogP contribution in [0.3, 0.4) is 0 Å². The highest BCUT2D eigenvalue weighted by Gasteiger charge is 2.27. The number of hydrogen-bond acceptors (Lipinski definition) is 2. The highest BCUT2D eigenvalue weighted by Crippen LogP contribution is 2.36. The van der Waals surface area contributed by atoms with Gasteiger partial charge in [-0.1, -0.05) is 6.92 Å². The topological polar surface area (TPSA) is 49.3 Å². The second-order valence-corrected chi connectivity index (χ2v) is 4.70. The van der Waals surface area contributed by atoms with E-state index >= 15 is 0 Å². The van der Waals surface area contributed by atoms with E-state index in [1.165, 1.54) is 25.0 Å². The van der Waals surface area contributed by atoms with Crippen LogP contribution in [0.25, 0.3) is 0 Å². The van der Waals surface area contributed by atoms with Gasteiger partial charge in [0.1, 0.15) is 5.82 Å².